The molecule has 2 rings (SSSR count). The Hall–Kier alpha value is -0.940. The van der Waals surface area contributed by atoms with Crippen molar-refractivity contribution in [2.24, 2.45) is 0 Å². The largest absolute Gasteiger partial charge is 0.486 e. The lowest BCUT2D eigenvalue weighted by Crippen LogP contribution is -2.15. The van der Waals surface area contributed by atoms with Gasteiger partial charge in [0.25, 0.3) is 9.05 Å². The van der Waals surface area contributed by atoms with E-state index in [1.807, 2.05) is 0 Å². The minimum Gasteiger partial charge on any atom is -0.486 e. The zero-order chi connectivity index (χ0) is 10.2. The Morgan fingerprint density at radius 3 is 2.43 bits per heavy atom. The molecular formula is C8H7ClO4S. The molecule has 14 heavy (non-hydrogen) atoms. The number of hydrogen-bond acceptors (Lipinski definition) is 4. The lowest BCUT2D eigenvalue weighted by atomic mass is 10.3. The van der Waals surface area contributed by atoms with E-state index in [9.17, 15) is 8.42 Å². The van der Waals surface area contributed by atoms with Gasteiger partial charge in [0, 0.05) is 16.7 Å². The summed E-state index contributed by atoms with van der Waals surface area (Å²) in [6.07, 6.45) is 0. The highest BCUT2D eigenvalue weighted by molar-refractivity contribution is 8.13. The summed E-state index contributed by atoms with van der Waals surface area (Å²) in [6, 6.07) is 4.27. The molecule has 0 N–H and O–H groups in total. The molecule has 1 aliphatic heterocycles. The third kappa shape index (κ3) is 1.78. The summed E-state index contributed by atoms with van der Waals surface area (Å²) >= 11 is 0. The van der Waals surface area contributed by atoms with E-state index in [0.717, 1.165) is 0 Å². The van der Waals surface area contributed by atoms with Gasteiger partial charge < -0.3 is 9.47 Å². The first-order valence-corrected chi connectivity index (χ1v) is 6.22. The van der Waals surface area contributed by atoms with Gasteiger partial charge in [-0.1, -0.05) is 0 Å². The molecule has 0 aliphatic carbocycles. The van der Waals surface area contributed by atoms with Crippen LogP contribution in [-0.4, -0.2) is 21.6 Å². The summed E-state index contributed by atoms with van der Waals surface area (Å²) in [4.78, 5) is 0.0171. The minimum absolute atomic E-state index is 0.0171. The highest BCUT2D eigenvalue weighted by Crippen LogP contribution is 2.32. The Kier molecular flexibility index (Phi) is 2.28. The zero-order valence-corrected chi connectivity index (χ0v) is 8.64. The maximum atomic E-state index is 11.0. The fourth-order valence-corrected chi connectivity index (χ4v) is 1.94. The maximum absolute atomic E-state index is 11.0. The van der Waals surface area contributed by atoms with Gasteiger partial charge >= 0.3 is 0 Å². The molecule has 1 heterocycles. The molecule has 0 spiro atoms. The van der Waals surface area contributed by atoms with Crippen molar-refractivity contribution < 1.29 is 17.9 Å². The van der Waals surface area contributed by atoms with Gasteiger partial charge in [-0.15, -0.1) is 0 Å². The molecule has 0 saturated heterocycles. The maximum Gasteiger partial charge on any atom is 0.261 e. The summed E-state index contributed by atoms with van der Waals surface area (Å²) in [5.41, 5.74) is 0. The van der Waals surface area contributed by atoms with Gasteiger partial charge in [-0.25, -0.2) is 8.42 Å². The predicted octanol–water partition coefficient (Wildman–Crippen LogP) is 1.39. The van der Waals surface area contributed by atoms with Gasteiger partial charge in [0.1, 0.15) is 13.2 Å². The lowest BCUT2D eigenvalue weighted by molar-refractivity contribution is 0.171. The molecule has 76 valence electrons. The molecule has 6 heteroatoms. The van der Waals surface area contributed by atoms with E-state index in [-0.39, 0.29) is 4.90 Å². The highest BCUT2D eigenvalue weighted by Gasteiger charge is 2.16. The van der Waals surface area contributed by atoms with Crippen molar-refractivity contribution in [2.75, 3.05) is 13.2 Å². The monoisotopic (exact) mass is 234 g/mol. The third-order valence-electron chi connectivity index (χ3n) is 1.80. The van der Waals surface area contributed by atoms with Crippen LogP contribution >= 0.6 is 10.7 Å². The molecule has 0 saturated carbocycles. The second-order valence-corrected chi connectivity index (χ2v) is 5.31. The van der Waals surface area contributed by atoms with Crippen LogP contribution in [0.15, 0.2) is 23.1 Å². The number of halogens is 1. The topological polar surface area (TPSA) is 52.6 Å². The number of benzene rings is 1. The van der Waals surface area contributed by atoms with Crippen LogP contribution in [-0.2, 0) is 9.05 Å². The van der Waals surface area contributed by atoms with Gasteiger partial charge in [0.15, 0.2) is 11.5 Å². The molecule has 0 aromatic heterocycles. The van der Waals surface area contributed by atoms with Crippen molar-refractivity contribution in [1.29, 1.82) is 0 Å². The Labute approximate surface area is 85.8 Å². The molecule has 1 aliphatic rings. The fraction of sp³-hybridized carbons (Fsp3) is 0.250. The smallest absolute Gasteiger partial charge is 0.261 e. The van der Waals surface area contributed by atoms with E-state index < -0.39 is 9.05 Å². The van der Waals surface area contributed by atoms with Crippen LogP contribution in [0.2, 0.25) is 0 Å². The number of ether oxygens (including phenoxy) is 2. The van der Waals surface area contributed by atoms with Crippen molar-refractivity contribution in [3.8, 4) is 11.5 Å². The SMILES string of the molecule is O=S(=O)(Cl)c1ccc2c(c1)OCCO2. The van der Waals surface area contributed by atoms with E-state index in [1.165, 1.54) is 18.2 Å². The third-order valence-corrected chi connectivity index (χ3v) is 3.15. The zero-order valence-electron chi connectivity index (χ0n) is 7.07. The molecule has 0 radical (unpaired) electrons. The number of hydrogen-bond donors (Lipinski definition) is 0. The van der Waals surface area contributed by atoms with Crippen LogP contribution < -0.4 is 9.47 Å². The van der Waals surface area contributed by atoms with Crippen molar-refractivity contribution >= 4 is 19.7 Å². The minimum atomic E-state index is -3.70. The first-order valence-electron chi connectivity index (χ1n) is 3.92. The Morgan fingerprint density at radius 1 is 1.14 bits per heavy atom. The predicted molar refractivity (Wildman–Crippen MR) is 50.5 cm³/mol. The van der Waals surface area contributed by atoms with E-state index in [1.54, 1.807) is 0 Å². The fourth-order valence-electron chi connectivity index (χ4n) is 1.18. The van der Waals surface area contributed by atoms with Crippen LogP contribution in [0.25, 0.3) is 0 Å². The lowest BCUT2D eigenvalue weighted by Gasteiger charge is -2.18. The molecule has 0 bridgehead atoms. The molecule has 1 aromatic carbocycles. The summed E-state index contributed by atoms with van der Waals surface area (Å²) in [7, 11) is 1.48. The van der Waals surface area contributed by atoms with Gasteiger partial charge in [-0.2, -0.15) is 0 Å². The van der Waals surface area contributed by atoms with E-state index in [2.05, 4.69) is 0 Å². The molecular weight excluding hydrogens is 228 g/mol. The van der Waals surface area contributed by atoms with Crippen LogP contribution in [0.4, 0.5) is 0 Å². The first-order chi connectivity index (χ1) is 6.57. The molecule has 1 aromatic rings. The van der Waals surface area contributed by atoms with Gasteiger partial charge in [-0.05, 0) is 12.1 Å². The molecule has 0 unspecified atom stereocenters. The summed E-state index contributed by atoms with van der Waals surface area (Å²) in [6.45, 7) is 0.888. The van der Waals surface area contributed by atoms with Crippen LogP contribution in [0.1, 0.15) is 0 Å². The van der Waals surface area contributed by atoms with Crippen molar-refractivity contribution in [1.82, 2.24) is 0 Å². The van der Waals surface area contributed by atoms with Crippen LogP contribution in [0, 0.1) is 0 Å². The summed E-state index contributed by atoms with van der Waals surface area (Å²) < 4.78 is 32.4. The van der Waals surface area contributed by atoms with Crippen molar-refractivity contribution in [3.63, 3.8) is 0 Å². The van der Waals surface area contributed by atoms with Gasteiger partial charge in [-0.3, -0.25) is 0 Å². The van der Waals surface area contributed by atoms with E-state index >= 15 is 0 Å². The summed E-state index contributed by atoms with van der Waals surface area (Å²) in [5, 5.41) is 0. The Morgan fingerprint density at radius 2 is 1.79 bits per heavy atom. The number of rotatable bonds is 1. The van der Waals surface area contributed by atoms with Crippen molar-refractivity contribution in [3.05, 3.63) is 18.2 Å². The van der Waals surface area contributed by atoms with Crippen LogP contribution in [0.3, 0.4) is 0 Å². The molecule has 0 fully saturated rings. The second-order valence-electron chi connectivity index (χ2n) is 2.74. The molecule has 0 amide bonds. The number of fused-ring (bicyclic) bond motifs is 1. The highest BCUT2D eigenvalue weighted by atomic mass is 35.7. The molecule has 4 nitrogen and oxygen atoms in total. The van der Waals surface area contributed by atoms with Crippen LogP contribution in [0.5, 0.6) is 11.5 Å². The first kappa shape index (κ1) is 9.61. The van der Waals surface area contributed by atoms with Gasteiger partial charge in [0.05, 0.1) is 4.90 Å². The average Bonchev–Trinajstić information content (AvgIpc) is 2.16. The second kappa shape index (κ2) is 3.33. The normalized spacial score (nSPS) is 15.2. The van der Waals surface area contributed by atoms with Gasteiger partial charge in [0.2, 0.25) is 0 Å². The van der Waals surface area contributed by atoms with E-state index in [0.29, 0.717) is 24.7 Å². The average molecular weight is 235 g/mol. The molecule has 0 atom stereocenters. The standard InChI is InChI=1S/C8H7ClO4S/c9-14(10,11)6-1-2-7-8(5-6)13-4-3-12-7/h1-2,5H,3-4H2. The van der Waals surface area contributed by atoms with Crippen molar-refractivity contribution in [2.45, 2.75) is 4.90 Å². The Balaban J connectivity index is 2.49. The van der Waals surface area contributed by atoms with E-state index in [4.69, 9.17) is 20.2 Å². The Bertz CT molecular complexity index is 454. The summed E-state index contributed by atoms with van der Waals surface area (Å²) in [5.74, 6) is 0.957. The quantitative estimate of drug-likeness (QED) is 0.689.